The van der Waals surface area contributed by atoms with Crippen LogP contribution in [0, 0.1) is 0 Å². The molecular formula is C28H32O15. The van der Waals surface area contributed by atoms with Gasteiger partial charge in [-0.05, 0) is 17.7 Å². The van der Waals surface area contributed by atoms with E-state index >= 15 is 0 Å². The van der Waals surface area contributed by atoms with Crippen molar-refractivity contribution in [3.8, 4) is 34.1 Å². The number of aliphatic hydroxyl groups excluding tert-OH is 5. The van der Waals surface area contributed by atoms with E-state index in [1.807, 2.05) is 0 Å². The molecule has 2 aromatic carbocycles. The molecule has 3 heterocycles. The van der Waals surface area contributed by atoms with E-state index in [0.717, 1.165) is 0 Å². The molecule has 2 saturated heterocycles. The van der Waals surface area contributed by atoms with Gasteiger partial charge in [0.2, 0.25) is 11.7 Å². The summed E-state index contributed by atoms with van der Waals surface area (Å²) in [5, 5.41) is 71.4. The van der Waals surface area contributed by atoms with Crippen molar-refractivity contribution < 1.29 is 68.6 Å². The third-order valence-corrected chi connectivity index (χ3v) is 7.46. The van der Waals surface area contributed by atoms with Crippen molar-refractivity contribution in [2.24, 2.45) is 0 Å². The van der Waals surface area contributed by atoms with Crippen LogP contribution < -0.4 is 19.6 Å². The first-order chi connectivity index (χ1) is 20.5. The Labute approximate surface area is 243 Å². The van der Waals surface area contributed by atoms with Gasteiger partial charge in [0, 0.05) is 12.1 Å². The molecule has 2 aliphatic heterocycles. The lowest BCUT2D eigenvalue weighted by Crippen LogP contribution is -2.60. The van der Waals surface area contributed by atoms with Crippen molar-refractivity contribution in [1.82, 2.24) is 0 Å². The topological polar surface area (TPSA) is 227 Å². The molecule has 2 aliphatic rings. The summed E-state index contributed by atoms with van der Waals surface area (Å²) in [7, 11) is 2.74. The van der Waals surface area contributed by atoms with Gasteiger partial charge in [-0.1, -0.05) is 6.07 Å². The van der Waals surface area contributed by atoms with Gasteiger partial charge in [0.25, 0.3) is 0 Å². The maximum Gasteiger partial charge on any atom is 0.229 e. The summed E-state index contributed by atoms with van der Waals surface area (Å²) in [4.78, 5) is 13.2. The molecule has 234 valence electrons. The number of benzene rings is 2. The number of aromatic hydroxyl groups is 1. The summed E-state index contributed by atoms with van der Waals surface area (Å²) in [5.41, 5.74) is -1.87. The number of phenolic OH excluding ortho intramolecular Hbond substituents is 1. The Hall–Kier alpha value is -3.51. The molecule has 0 spiro atoms. The zero-order valence-corrected chi connectivity index (χ0v) is 23.0. The highest BCUT2D eigenvalue weighted by molar-refractivity contribution is 5.88. The van der Waals surface area contributed by atoms with Crippen LogP contribution in [0.4, 0.5) is 0 Å². The summed E-state index contributed by atoms with van der Waals surface area (Å²) in [6.07, 6.45) is -9.61. The maximum atomic E-state index is 13.2. The molecule has 0 aliphatic carbocycles. The second-order valence-corrected chi connectivity index (χ2v) is 10.2. The number of hydrogen-bond acceptors (Lipinski definition) is 15. The van der Waals surface area contributed by atoms with Crippen LogP contribution in [0.25, 0.3) is 22.1 Å². The van der Waals surface area contributed by atoms with Crippen LogP contribution in [0.3, 0.4) is 0 Å². The van der Waals surface area contributed by atoms with E-state index in [2.05, 4.69) is 0 Å². The van der Waals surface area contributed by atoms with Gasteiger partial charge in [-0.2, -0.15) is 0 Å². The first-order valence-corrected chi connectivity index (χ1v) is 13.1. The minimum atomic E-state index is -1.93. The normalized spacial score (nSPS) is 30.8. The third kappa shape index (κ3) is 5.74. The van der Waals surface area contributed by atoms with Crippen molar-refractivity contribution in [3.05, 3.63) is 46.8 Å². The van der Waals surface area contributed by atoms with Gasteiger partial charge in [0.1, 0.15) is 64.9 Å². The highest BCUT2D eigenvalue weighted by Gasteiger charge is 2.50. The Morgan fingerprint density at radius 1 is 0.977 bits per heavy atom. The molecule has 3 aromatic rings. The summed E-state index contributed by atoms with van der Waals surface area (Å²) >= 11 is 0. The number of methoxy groups -OCH3 is 2. The van der Waals surface area contributed by atoms with Crippen molar-refractivity contribution in [2.45, 2.75) is 48.7 Å². The van der Waals surface area contributed by atoms with Gasteiger partial charge >= 0.3 is 0 Å². The zero-order chi connectivity index (χ0) is 31.1. The molecule has 5 rings (SSSR count). The lowest BCUT2D eigenvalue weighted by Gasteiger charge is -2.40. The second kappa shape index (κ2) is 12.2. The number of rotatable bonds is 9. The van der Waals surface area contributed by atoms with Crippen LogP contribution in [-0.4, -0.2) is 118 Å². The minimum Gasteiger partial charge on any atom is -0.507 e. The highest BCUT2D eigenvalue weighted by atomic mass is 16.7. The van der Waals surface area contributed by atoms with Gasteiger partial charge in [0.05, 0.1) is 39.6 Å². The Bertz CT molecular complexity index is 1510. The standard InChI is InChI=1S/C28H32O15/c1-37-13-6-15(30)20-18(7-13)39-8-14(21(20)31)12-3-4-16(17(5-12)38-2)42-26-24(34)23(33)22(32)19(43-26)9-40-27-25(35)28(36,10-29)11-41-27/h3-8,19,22-27,29-30,32-36H,9-11H2,1-2H3/t19-,22-,23+,24-,25+,26-,27+,28+/m0/s1. The first kappa shape index (κ1) is 30.9. The predicted octanol–water partition coefficient (Wildman–Crippen LogP) is -1.17. The molecular weight excluding hydrogens is 576 g/mol. The average Bonchev–Trinajstić information content (AvgIpc) is 3.30. The quantitative estimate of drug-likeness (QED) is 0.152. The smallest absolute Gasteiger partial charge is 0.229 e. The molecule has 0 radical (unpaired) electrons. The zero-order valence-electron chi connectivity index (χ0n) is 23.0. The molecule has 0 bridgehead atoms. The fourth-order valence-corrected chi connectivity index (χ4v) is 4.86. The molecule has 0 unspecified atom stereocenters. The largest absolute Gasteiger partial charge is 0.507 e. The summed E-state index contributed by atoms with van der Waals surface area (Å²) < 4.78 is 38.1. The van der Waals surface area contributed by atoms with Gasteiger partial charge in [-0.15, -0.1) is 0 Å². The van der Waals surface area contributed by atoms with Gasteiger partial charge in [-0.25, -0.2) is 0 Å². The second-order valence-electron chi connectivity index (χ2n) is 10.2. The monoisotopic (exact) mass is 608 g/mol. The summed E-state index contributed by atoms with van der Waals surface area (Å²) in [6, 6.07) is 7.13. The first-order valence-electron chi connectivity index (χ1n) is 13.1. The number of phenols is 1. The lowest BCUT2D eigenvalue weighted by atomic mass is 9.99. The van der Waals surface area contributed by atoms with Crippen LogP contribution in [0.2, 0.25) is 0 Å². The number of fused-ring (bicyclic) bond motifs is 1. The third-order valence-electron chi connectivity index (χ3n) is 7.46. The Kier molecular flexibility index (Phi) is 8.80. The number of aliphatic hydroxyl groups is 6. The predicted molar refractivity (Wildman–Crippen MR) is 144 cm³/mol. The lowest BCUT2D eigenvalue weighted by molar-refractivity contribution is -0.289. The van der Waals surface area contributed by atoms with Crippen molar-refractivity contribution in [1.29, 1.82) is 0 Å². The van der Waals surface area contributed by atoms with E-state index in [-0.39, 0.29) is 33.8 Å². The van der Waals surface area contributed by atoms with Crippen LogP contribution >= 0.6 is 0 Å². The van der Waals surface area contributed by atoms with Crippen molar-refractivity contribution in [2.75, 3.05) is 34.0 Å². The van der Waals surface area contributed by atoms with E-state index in [4.69, 9.17) is 32.8 Å². The van der Waals surface area contributed by atoms with Crippen LogP contribution in [-0.2, 0) is 14.2 Å². The molecule has 7 N–H and O–H groups in total. The van der Waals surface area contributed by atoms with E-state index in [9.17, 15) is 40.5 Å². The van der Waals surface area contributed by atoms with Crippen LogP contribution in [0.5, 0.6) is 23.0 Å². The minimum absolute atomic E-state index is 0.0406. The highest BCUT2D eigenvalue weighted by Crippen LogP contribution is 2.36. The van der Waals surface area contributed by atoms with E-state index < -0.39 is 74.0 Å². The van der Waals surface area contributed by atoms with E-state index in [0.29, 0.717) is 11.3 Å². The molecule has 2 fully saturated rings. The average molecular weight is 609 g/mol. The van der Waals surface area contributed by atoms with Crippen LogP contribution in [0.1, 0.15) is 0 Å². The summed E-state index contributed by atoms with van der Waals surface area (Å²) in [6.45, 7) is -1.63. The van der Waals surface area contributed by atoms with Gasteiger partial charge in [0.15, 0.2) is 17.8 Å². The fraction of sp³-hybridized carbons (Fsp3) is 0.464. The van der Waals surface area contributed by atoms with Crippen molar-refractivity contribution in [3.63, 3.8) is 0 Å². The van der Waals surface area contributed by atoms with E-state index in [1.165, 1.54) is 50.8 Å². The molecule has 0 saturated carbocycles. The molecule has 43 heavy (non-hydrogen) atoms. The Balaban J connectivity index is 1.34. The molecule has 15 heteroatoms. The molecule has 0 amide bonds. The Morgan fingerprint density at radius 2 is 1.74 bits per heavy atom. The van der Waals surface area contributed by atoms with Crippen LogP contribution in [0.15, 0.2) is 45.8 Å². The fourth-order valence-electron chi connectivity index (χ4n) is 4.86. The SMILES string of the molecule is COc1cc(O)c2c(=O)c(-c3ccc(O[C@H]4O[C@@H](CO[C@@H]5OC[C@](O)(CO)[C@@H]5O)[C@H](O)[C@@H](O)[C@@H]4O)c(OC)c3)coc2c1. The summed E-state index contributed by atoms with van der Waals surface area (Å²) in [5.74, 6) is 0.128. The molecule has 8 atom stereocenters. The van der Waals surface area contributed by atoms with Gasteiger partial charge in [-0.3, -0.25) is 4.79 Å². The van der Waals surface area contributed by atoms with E-state index in [1.54, 1.807) is 0 Å². The Morgan fingerprint density at radius 3 is 2.42 bits per heavy atom. The number of ether oxygens (including phenoxy) is 6. The number of hydrogen-bond donors (Lipinski definition) is 7. The molecule has 1 aromatic heterocycles. The molecule has 15 nitrogen and oxygen atoms in total. The van der Waals surface area contributed by atoms with Crippen molar-refractivity contribution >= 4 is 11.0 Å². The van der Waals surface area contributed by atoms with Gasteiger partial charge < -0.3 is 68.6 Å². The maximum absolute atomic E-state index is 13.2.